The molecule has 0 aliphatic heterocycles. The van der Waals surface area contributed by atoms with Gasteiger partial charge < -0.3 is 4.74 Å². The van der Waals surface area contributed by atoms with Gasteiger partial charge in [0.2, 0.25) is 0 Å². The normalized spacial score (nSPS) is 14.8. The molecule has 19 heteroatoms. The number of halogens is 1. The number of benzene rings is 2. The maximum absolute atomic E-state index is 12.1. The van der Waals surface area contributed by atoms with Gasteiger partial charge in [-0.1, -0.05) is 0 Å². The van der Waals surface area contributed by atoms with Crippen molar-refractivity contribution in [3.63, 3.8) is 0 Å². The lowest BCUT2D eigenvalue weighted by atomic mass is 9.98. The first-order chi connectivity index (χ1) is 21.7. The van der Waals surface area contributed by atoms with Gasteiger partial charge in [-0.15, -0.1) is 0 Å². The summed E-state index contributed by atoms with van der Waals surface area (Å²) in [4.78, 5) is 74.6. The van der Waals surface area contributed by atoms with Crippen molar-refractivity contribution in [2.45, 2.75) is 54.7 Å². The number of hydrogen-bond donors (Lipinski definition) is 0. The van der Waals surface area contributed by atoms with Gasteiger partial charge in [0.05, 0.1) is 26.1 Å². The summed E-state index contributed by atoms with van der Waals surface area (Å²) in [5.74, 6) is -0.811. The summed E-state index contributed by atoms with van der Waals surface area (Å²) < 4.78 is 50.2. The van der Waals surface area contributed by atoms with Crippen LogP contribution in [0.4, 0.5) is 11.4 Å². The fraction of sp³-hybridized carbons (Fsp3) is 0.321. The molecular weight excluding hydrogens is 688 g/mol. The Bertz CT molecular complexity index is 1890. The summed E-state index contributed by atoms with van der Waals surface area (Å²) in [6.45, 7) is 0. The summed E-state index contributed by atoms with van der Waals surface area (Å²) >= 11 is 5.13. The number of nitro groups is 2. The number of ketones is 3. The van der Waals surface area contributed by atoms with Crippen molar-refractivity contribution in [2.75, 3.05) is 12.5 Å². The Morgan fingerprint density at radius 2 is 1.19 bits per heavy atom. The predicted octanol–water partition coefficient (Wildman–Crippen LogP) is 3.87. The Kier molecular flexibility index (Phi) is 13.3. The topological polar surface area (TPSA) is 249 Å². The lowest BCUT2D eigenvalue weighted by molar-refractivity contribution is -0.385. The first-order valence-electron chi connectivity index (χ1n) is 13.4. The fourth-order valence-electron chi connectivity index (χ4n) is 4.02. The molecule has 4 rings (SSSR count). The first-order valence-corrected chi connectivity index (χ1v) is 17.5. The van der Waals surface area contributed by atoms with E-state index in [1.807, 2.05) is 0 Å². The summed E-state index contributed by atoms with van der Waals surface area (Å²) in [5, 5.41) is 20.7. The van der Waals surface area contributed by atoms with Gasteiger partial charge in [-0.05, 0) is 48.7 Å². The summed E-state index contributed by atoms with van der Waals surface area (Å²) in [6, 6.07) is 5.86. The Hall–Kier alpha value is -4.68. The van der Waals surface area contributed by atoms with E-state index in [1.54, 1.807) is 0 Å². The molecule has 252 valence electrons. The molecule has 0 atom stereocenters. The largest absolute Gasteiger partial charge is 0.427 e. The number of Topliss-reactive ketones (excluding diaryl/α,β-unsaturated/α-hetero) is 2. The second-order valence-corrected chi connectivity index (χ2v) is 14.5. The van der Waals surface area contributed by atoms with Crippen LogP contribution in [0.25, 0.3) is 0 Å². The van der Waals surface area contributed by atoms with Crippen molar-refractivity contribution >= 4 is 71.2 Å². The second-order valence-electron chi connectivity index (χ2n) is 10.1. The Morgan fingerprint density at radius 1 is 0.745 bits per heavy atom. The van der Waals surface area contributed by atoms with Crippen LogP contribution >= 0.6 is 11.6 Å². The average Bonchev–Trinajstić information content (AvgIpc) is 2.96. The molecule has 2 aliphatic rings. The van der Waals surface area contributed by atoms with E-state index in [0.717, 1.165) is 55.3 Å². The van der Waals surface area contributed by atoms with Gasteiger partial charge in [0.15, 0.2) is 25.5 Å². The lowest BCUT2D eigenvalue weighted by Gasteiger charge is -2.12. The Balaban J connectivity index is 0.000000275. The molecule has 0 spiro atoms. The van der Waals surface area contributed by atoms with Gasteiger partial charge in [-0.25, -0.2) is 21.6 Å². The maximum atomic E-state index is 12.1. The number of esters is 1. The van der Waals surface area contributed by atoms with E-state index in [2.05, 4.69) is 0 Å². The molecule has 0 radical (unpaired) electrons. The maximum Gasteiger partial charge on any atom is 0.350 e. The van der Waals surface area contributed by atoms with Crippen LogP contribution in [-0.4, -0.2) is 67.8 Å². The molecule has 16 nitrogen and oxygen atoms in total. The number of carbonyl (C=O) groups is 5. The minimum atomic E-state index is -3.65. The number of nitrogens with zero attached hydrogens (tertiary/aromatic N) is 2. The zero-order valence-corrected chi connectivity index (χ0v) is 27.2. The molecule has 0 N–H and O–H groups in total. The van der Waals surface area contributed by atoms with Gasteiger partial charge in [-0.2, -0.15) is 0 Å². The molecule has 0 aromatic heterocycles. The number of hydrogen-bond acceptors (Lipinski definition) is 14. The van der Waals surface area contributed by atoms with Crippen LogP contribution in [0.5, 0.6) is 0 Å². The first kappa shape index (κ1) is 38.5. The number of allylic oxidation sites excluding steroid dienone is 2. The smallest absolute Gasteiger partial charge is 0.350 e. The highest BCUT2D eigenvalue weighted by atomic mass is 35.5. The van der Waals surface area contributed by atoms with E-state index in [9.17, 15) is 61.0 Å². The minimum absolute atomic E-state index is 0.112. The lowest BCUT2D eigenvalue weighted by Crippen LogP contribution is -2.13. The molecule has 0 saturated heterocycles. The van der Waals surface area contributed by atoms with Crippen LogP contribution in [-0.2, 0) is 38.8 Å². The average molecular weight is 715 g/mol. The van der Waals surface area contributed by atoms with E-state index in [4.69, 9.17) is 16.3 Å². The monoisotopic (exact) mass is 714 g/mol. The van der Waals surface area contributed by atoms with E-state index in [-0.39, 0.29) is 50.4 Å². The molecule has 2 aromatic carbocycles. The molecule has 2 aliphatic carbocycles. The highest BCUT2D eigenvalue weighted by Crippen LogP contribution is 2.26. The van der Waals surface area contributed by atoms with Crippen LogP contribution in [0, 0.1) is 20.2 Å². The third kappa shape index (κ3) is 11.9. The number of rotatable bonds is 7. The van der Waals surface area contributed by atoms with Crippen LogP contribution < -0.4 is 0 Å². The van der Waals surface area contributed by atoms with E-state index in [0.29, 0.717) is 32.1 Å². The van der Waals surface area contributed by atoms with Gasteiger partial charge in [-0.3, -0.25) is 39.4 Å². The second kappa shape index (κ2) is 16.2. The molecule has 1 fully saturated rings. The third-order valence-corrected chi connectivity index (χ3v) is 8.74. The zero-order chi connectivity index (χ0) is 35.7. The zero-order valence-electron chi connectivity index (χ0n) is 24.8. The van der Waals surface area contributed by atoms with Gasteiger partial charge >= 0.3 is 5.97 Å². The minimum Gasteiger partial charge on any atom is -0.427 e. The number of sulfone groups is 2. The number of nitro benzene ring substituents is 2. The molecule has 1 saturated carbocycles. The highest BCUT2D eigenvalue weighted by molar-refractivity contribution is 7.91. The predicted molar refractivity (Wildman–Crippen MR) is 163 cm³/mol. The van der Waals surface area contributed by atoms with Crippen molar-refractivity contribution in [3.05, 3.63) is 79.6 Å². The van der Waals surface area contributed by atoms with E-state index < -0.39 is 52.1 Å². The molecule has 0 unspecified atom stereocenters. The standard InChI is InChI=1S/C14H13NO7S.C8H6ClNO5S.C6H8O2/c1-23(20,21)11-5-6-12(13(8-11)15(18)19)14(17)22-10-4-2-3-9(16)7-10;1-16(14,15)5-2-3-6(8(9)11)7(4-5)10(12)13;7-5-2-1-3-6(8)4-5/h5-8H,2-4H2,1H3;2-4H,1H3;1-4H2. The van der Waals surface area contributed by atoms with Crippen molar-refractivity contribution in [1.82, 2.24) is 0 Å². The number of carbonyl (C=O) groups excluding carboxylic acids is 5. The summed E-state index contributed by atoms with van der Waals surface area (Å²) in [7, 11) is -7.21. The molecule has 2 aromatic rings. The van der Waals surface area contributed by atoms with E-state index >= 15 is 0 Å². The number of ether oxygens (including phenoxy) is 1. The van der Waals surface area contributed by atoms with Gasteiger partial charge in [0.25, 0.3) is 16.6 Å². The van der Waals surface area contributed by atoms with Gasteiger partial charge in [0, 0.05) is 56.4 Å². The van der Waals surface area contributed by atoms with Crippen LogP contribution in [0.2, 0.25) is 0 Å². The van der Waals surface area contributed by atoms with E-state index in [1.165, 1.54) is 6.08 Å². The van der Waals surface area contributed by atoms with Crippen LogP contribution in [0.3, 0.4) is 0 Å². The van der Waals surface area contributed by atoms with Crippen molar-refractivity contribution in [2.24, 2.45) is 0 Å². The molecule has 0 amide bonds. The van der Waals surface area contributed by atoms with Crippen molar-refractivity contribution in [3.8, 4) is 0 Å². The SMILES string of the molecule is CS(=O)(=O)c1ccc(C(=O)Cl)c([N+](=O)[O-])c1.CS(=O)(=O)c1ccc(C(=O)OC2=CC(=O)CCC2)c([N+](=O)[O-])c1.O=C1CCCC(=O)C1. The van der Waals surface area contributed by atoms with Crippen LogP contribution in [0.1, 0.15) is 65.7 Å². The summed E-state index contributed by atoms with van der Waals surface area (Å²) in [5.41, 5.74) is -2.00. The molecular formula is C28H27ClN2O14S2. The Morgan fingerprint density at radius 3 is 1.57 bits per heavy atom. The third-order valence-electron chi connectivity index (χ3n) is 6.32. The summed E-state index contributed by atoms with van der Waals surface area (Å²) in [6.07, 6.45) is 6.49. The van der Waals surface area contributed by atoms with Crippen LogP contribution in [0.15, 0.2) is 58.0 Å². The molecule has 0 bridgehead atoms. The van der Waals surface area contributed by atoms with Gasteiger partial charge in [0.1, 0.15) is 28.5 Å². The van der Waals surface area contributed by atoms with Crippen molar-refractivity contribution < 1.29 is 55.4 Å². The quantitative estimate of drug-likeness (QED) is 0.130. The fourth-order valence-corrected chi connectivity index (χ4v) is 5.46. The van der Waals surface area contributed by atoms with Crippen molar-refractivity contribution in [1.29, 1.82) is 0 Å². The highest BCUT2D eigenvalue weighted by Gasteiger charge is 2.26. The Labute approximate surface area is 272 Å². The molecule has 47 heavy (non-hydrogen) atoms. The molecule has 0 heterocycles.